The number of hydrogen-bond acceptors (Lipinski definition) is 1. The van der Waals surface area contributed by atoms with Crippen molar-refractivity contribution in [3.63, 3.8) is 0 Å². The topological polar surface area (TPSA) is 61.5 Å². The highest BCUT2D eigenvalue weighted by molar-refractivity contribution is 6.31. The average Bonchev–Trinajstić information content (AvgIpc) is 3.06. The number of aromatic nitrogens is 1. The minimum atomic E-state index is -0.164. The predicted molar refractivity (Wildman–Crippen MR) is 111 cm³/mol. The molecule has 0 unspecified atom stereocenters. The molecule has 5 heteroatoms. The van der Waals surface area contributed by atoms with E-state index >= 15 is 0 Å². The first-order valence-corrected chi connectivity index (χ1v) is 9.79. The first-order valence-electron chi connectivity index (χ1n) is 9.41. The molecule has 27 heavy (non-hydrogen) atoms. The van der Waals surface area contributed by atoms with Crippen LogP contribution in [0.1, 0.15) is 37.8 Å². The van der Waals surface area contributed by atoms with Gasteiger partial charge in [0.05, 0.1) is 12.5 Å². The molecule has 0 aliphatic carbocycles. The molecule has 0 spiro atoms. The maximum atomic E-state index is 12.3. The Morgan fingerprint density at radius 3 is 2.52 bits per heavy atom. The van der Waals surface area contributed by atoms with Crippen LogP contribution >= 0.6 is 11.6 Å². The lowest BCUT2D eigenvalue weighted by Crippen LogP contribution is -2.92. The third-order valence-electron chi connectivity index (χ3n) is 4.85. The van der Waals surface area contributed by atoms with Gasteiger partial charge in [0.25, 0.3) is 5.91 Å². The molecule has 0 saturated carbocycles. The number of amides is 1. The Bertz CT molecular complexity index is 919. The van der Waals surface area contributed by atoms with Crippen LogP contribution in [0.15, 0.2) is 54.7 Å². The quantitative estimate of drug-likeness (QED) is 0.574. The number of para-hydroxylation sites is 1. The van der Waals surface area contributed by atoms with Crippen LogP contribution in [-0.4, -0.2) is 29.5 Å². The van der Waals surface area contributed by atoms with E-state index < -0.39 is 0 Å². The Kier molecular flexibility index (Phi) is 6.19. The zero-order valence-corrected chi connectivity index (χ0v) is 16.8. The Labute approximate surface area is 165 Å². The summed E-state index contributed by atoms with van der Waals surface area (Å²) < 4.78 is 0. The van der Waals surface area contributed by atoms with Gasteiger partial charge in [0, 0.05) is 28.2 Å². The Hall–Kier alpha value is -2.30. The molecule has 0 fully saturated rings. The number of halogens is 1. The van der Waals surface area contributed by atoms with Crippen molar-refractivity contribution in [2.45, 2.75) is 38.8 Å². The molecule has 3 aromatic rings. The summed E-state index contributed by atoms with van der Waals surface area (Å²) in [7, 11) is 0. The molecule has 1 amide bonds. The summed E-state index contributed by atoms with van der Waals surface area (Å²) in [6.07, 6.45) is 2.06. The van der Waals surface area contributed by atoms with E-state index in [-0.39, 0.29) is 23.9 Å². The standard InChI is InChI=1S/C22H26ClN3O/c1-14(2)26-22(27)15(3)24-12-18(16-8-4-6-10-20(16)23)19-13-25-21-11-7-5-9-17(19)21/h4-11,13-15,18,24-25H,12H2,1-3H3,(H,26,27)/p+1/t15-,18-/m0/s1. The number of H-pyrrole nitrogens is 1. The first kappa shape index (κ1) is 19.5. The fourth-order valence-corrected chi connectivity index (χ4v) is 3.69. The molecule has 2 atom stereocenters. The van der Waals surface area contributed by atoms with E-state index in [1.807, 2.05) is 51.1 Å². The van der Waals surface area contributed by atoms with Crippen LogP contribution in [-0.2, 0) is 4.79 Å². The molecule has 0 saturated heterocycles. The normalized spacial score (nSPS) is 13.7. The van der Waals surface area contributed by atoms with Gasteiger partial charge in [-0.15, -0.1) is 0 Å². The molecule has 1 aromatic heterocycles. The molecular weight excluding hydrogens is 358 g/mol. The van der Waals surface area contributed by atoms with Gasteiger partial charge in [-0.1, -0.05) is 48.0 Å². The maximum Gasteiger partial charge on any atom is 0.278 e. The van der Waals surface area contributed by atoms with Crippen LogP contribution in [0.3, 0.4) is 0 Å². The first-order chi connectivity index (χ1) is 13.0. The van der Waals surface area contributed by atoms with Crippen molar-refractivity contribution in [3.05, 3.63) is 70.9 Å². The third kappa shape index (κ3) is 4.52. The van der Waals surface area contributed by atoms with E-state index in [4.69, 9.17) is 11.6 Å². The second-order valence-electron chi connectivity index (χ2n) is 7.29. The lowest BCUT2D eigenvalue weighted by Gasteiger charge is -2.20. The summed E-state index contributed by atoms with van der Waals surface area (Å²) >= 11 is 6.53. The lowest BCUT2D eigenvalue weighted by molar-refractivity contribution is -0.674. The summed E-state index contributed by atoms with van der Waals surface area (Å²) in [4.78, 5) is 15.7. The molecule has 0 aliphatic heterocycles. The Morgan fingerprint density at radius 2 is 1.78 bits per heavy atom. The molecule has 142 valence electrons. The number of benzene rings is 2. The van der Waals surface area contributed by atoms with Crippen LogP contribution in [0.25, 0.3) is 10.9 Å². The molecule has 3 rings (SSSR count). The van der Waals surface area contributed by atoms with E-state index in [9.17, 15) is 4.79 Å². The minimum Gasteiger partial charge on any atom is -0.361 e. The van der Waals surface area contributed by atoms with Crippen LogP contribution in [0.5, 0.6) is 0 Å². The van der Waals surface area contributed by atoms with Crippen molar-refractivity contribution in [3.8, 4) is 0 Å². The van der Waals surface area contributed by atoms with Crippen molar-refractivity contribution in [1.29, 1.82) is 0 Å². The van der Waals surface area contributed by atoms with E-state index in [1.54, 1.807) is 0 Å². The number of hydrogen-bond donors (Lipinski definition) is 3. The molecule has 4 nitrogen and oxygen atoms in total. The van der Waals surface area contributed by atoms with Crippen molar-refractivity contribution in [2.75, 3.05) is 6.54 Å². The number of quaternary nitrogens is 1. The van der Waals surface area contributed by atoms with Gasteiger partial charge in [-0.3, -0.25) is 4.79 Å². The van der Waals surface area contributed by atoms with E-state index in [2.05, 4.69) is 40.0 Å². The largest absolute Gasteiger partial charge is 0.361 e. The van der Waals surface area contributed by atoms with Crippen LogP contribution < -0.4 is 10.6 Å². The van der Waals surface area contributed by atoms with Crippen LogP contribution in [0.2, 0.25) is 5.02 Å². The van der Waals surface area contributed by atoms with Crippen LogP contribution in [0.4, 0.5) is 0 Å². The van der Waals surface area contributed by atoms with Gasteiger partial charge in [0.1, 0.15) is 0 Å². The van der Waals surface area contributed by atoms with Crippen LogP contribution in [0, 0.1) is 0 Å². The molecular formula is C22H27ClN3O+. The third-order valence-corrected chi connectivity index (χ3v) is 5.19. The number of fused-ring (bicyclic) bond motifs is 1. The lowest BCUT2D eigenvalue weighted by atomic mass is 9.90. The van der Waals surface area contributed by atoms with Gasteiger partial charge in [-0.25, -0.2) is 0 Å². The molecule has 4 N–H and O–H groups in total. The van der Waals surface area contributed by atoms with E-state index in [0.717, 1.165) is 22.6 Å². The summed E-state index contributed by atoms with van der Waals surface area (Å²) in [6.45, 7) is 6.63. The summed E-state index contributed by atoms with van der Waals surface area (Å²) in [5, 5.41) is 7.01. The predicted octanol–water partition coefficient (Wildman–Crippen LogP) is 3.43. The molecule has 0 radical (unpaired) electrons. The summed E-state index contributed by atoms with van der Waals surface area (Å²) in [6, 6.07) is 16.2. The van der Waals surface area contributed by atoms with E-state index in [0.29, 0.717) is 0 Å². The highest BCUT2D eigenvalue weighted by atomic mass is 35.5. The monoisotopic (exact) mass is 384 g/mol. The number of carbonyl (C=O) groups is 1. The summed E-state index contributed by atoms with van der Waals surface area (Å²) in [5.74, 6) is 0.144. The van der Waals surface area contributed by atoms with Gasteiger partial charge in [-0.05, 0) is 44.0 Å². The van der Waals surface area contributed by atoms with Crippen molar-refractivity contribution < 1.29 is 10.1 Å². The molecule has 0 bridgehead atoms. The van der Waals surface area contributed by atoms with Gasteiger partial charge < -0.3 is 15.6 Å². The van der Waals surface area contributed by atoms with Crippen molar-refractivity contribution in [2.24, 2.45) is 0 Å². The molecule has 2 aromatic carbocycles. The number of nitrogens with two attached hydrogens (primary N) is 1. The van der Waals surface area contributed by atoms with E-state index in [1.165, 1.54) is 10.9 Å². The highest BCUT2D eigenvalue weighted by Crippen LogP contribution is 2.33. The smallest absolute Gasteiger partial charge is 0.278 e. The number of carbonyl (C=O) groups excluding carboxylic acids is 1. The van der Waals surface area contributed by atoms with Gasteiger partial charge in [0.2, 0.25) is 0 Å². The van der Waals surface area contributed by atoms with Gasteiger partial charge in [0.15, 0.2) is 6.04 Å². The SMILES string of the molecule is CC(C)NC(=O)[C@H](C)[NH2+]C[C@@H](c1ccccc1Cl)c1c[nH]c2ccccc12. The summed E-state index contributed by atoms with van der Waals surface area (Å²) in [5.41, 5.74) is 3.39. The number of aromatic amines is 1. The van der Waals surface area contributed by atoms with Crippen molar-refractivity contribution >= 4 is 28.4 Å². The fourth-order valence-electron chi connectivity index (χ4n) is 3.42. The average molecular weight is 385 g/mol. The molecule has 1 heterocycles. The van der Waals surface area contributed by atoms with Crippen molar-refractivity contribution in [1.82, 2.24) is 10.3 Å². The number of rotatable bonds is 7. The maximum absolute atomic E-state index is 12.3. The number of nitrogens with one attached hydrogen (secondary N) is 2. The molecule has 0 aliphatic rings. The van der Waals surface area contributed by atoms with Gasteiger partial charge in [-0.2, -0.15) is 0 Å². The van der Waals surface area contributed by atoms with Gasteiger partial charge >= 0.3 is 0 Å². The second-order valence-corrected chi connectivity index (χ2v) is 7.69. The highest BCUT2D eigenvalue weighted by Gasteiger charge is 2.25. The second kappa shape index (κ2) is 8.59. The minimum absolute atomic E-state index is 0.0573. The Balaban J connectivity index is 1.90. The zero-order chi connectivity index (χ0) is 19.4. The zero-order valence-electron chi connectivity index (χ0n) is 16.0. The Morgan fingerprint density at radius 1 is 1.07 bits per heavy atom. The fraction of sp³-hybridized carbons (Fsp3) is 0.318.